The normalized spacial score (nSPS) is 24.3. The van der Waals surface area contributed by atoms with Gasteiger partial charge in [-0.05, 0) is 57.4 Å². The van der Waals surface area contributed by atoms with Crippen molar-refractivity contribution in [1.29, 1.82) is 5.26 Å². The van der Waals surface area contributed by atoms with Crippen molar-refractivity contribution >= 4 is 5.78 Å². The molecule has 2 unspecified atom stereocenters. The van der Waals surface area contributed by atoms with Crippen molar-refractivity contribution in [3.05, 3.63) is 52.6 Å². The Kier molecular flexibility index (Phi) is 4.37. The third-order valence-corrected chi connectivity index (χ3v) is 6.08. The first-order valence-electron chi connectivity index (χ1n) is 9.27. The lowest BCUT2D eigenvalue weighted by Gasteiger charge is -2.21. The zero-order valence-corrected chi connectivity index (χ0v) is 15.4. The smallest absolute Gasteiger partial charge is 0.181 e. The van der Waals surface area contributed by atoms with Gasteiger partial charge in [-0.2, -0.15) is 5.26 Å². The van der Waals surface area contributed by atoms with Crippen LogP contribution in [0, 0.1) is 31.0 Å². The van der Waals surface area contributed by atoms with Crippen LogP contribution in [-0.4, -0.2) is 45.1 Å². The molecule has 140 valence electrons. The summed E-state index contributed by atoms with van der Waals surface area (Å²) in [6.07, 6.45) is 2.20. The SMILES string of the molecule is Cc1c(F)c(C(=O)CN2C3CCC2[C@H](O)C3)c(C)n1-c1ccc(C#N)cc1. The number of hydrogen-bond acceptors (Lipinski definition) is 4. The van der Waals surface area contributed by atoms with E-state index in [1.165, 1.54) is 0 Å². The summed E-state index contributed by atoms with van der Waals surface area (Å²) >= 11 is 0. The van der Waals surface area contributed by atoms with Gasteiger partial charge in [0.1, 0.15) is 0 Å². The van der Waals surface area contributed by atoms with E-state index in [1.54, 1.807) is 42.7 Å². The molecule has 6 heteroatoms. The van der Waals surface area contributed by atoms with E-state index in [2.05, 4.69) is 6.07 Å². The van der Waals surface area contributed by atoms with Crippen molar-refractivity contribution in [2.24, 2.45) is 0 Å². The standard InChI is InChI=1S/C21H22FN3O2/c1-12-20(19(27)11-24-16-7-8-17(24)18(26)9-16)21(22)13(2)25(12)15-5-3-14(10-23)4-6-15/h3-6,16-18,26H,7-9,11H2,1-2H3/t16?,17?,18-/m1/s1. The van der Waals surface area contributed by atoms with Gasteiger partial charge in [-0.25, -0.2) is 4.39 Å². The molecule has 3 heterocycles. The third-order valence-electron chi connectivity index (χ3n) is 6.08. The number of aliphatic hydroxyl groups excluding tert-OH is 1. The number of halogens is 1. The van der Waals surface area contributed by atoms with Gasteiger partial charge in [-0.3, -0.25) is 9.69 Å². The third kappa shape index (κ3) is 2.78. The number of hydrogen-bond donors (Lipinski definition) is 1. The highest BCUT2D eigenvalue weighted by atomic mass is 19.1. The molecule has 3 atom stereocenters. The van der Waals surface area contributed by atoms with E-state index in [4.69, 9.17) is 5.26 Å². The Hall–Kier alpha value is -2.49. The fourth-order valence-corrected chi connectivity index (χ4v) is 4.76. The number of rotatable bonds is 4. The van der Waals surface area contributed by atoms with E-state index in [-0.39, 0.29) is 36.1 Å². The average Bonchev–Trinajstić information content (AvgIpc) is 3.24. The van der Waals surface area contributed by atoms with Gasteiger partial charge in [-0.15, -0.1) is 0 Å². The molecule has 2 bridgehead atoms. The van der Waals surface area contributed by atoms with Gasteiger partial charge in [-0.1, -0.05) is 0 Å². The van der Waals surface area contributed by atoms with E-state index in [9.17, 15) is 14.3 Å². The average molecular weight is 367 g/mol. The molecule has 2 aromatic rings. The van der Waals surface area contributed by atoms with E-state index in [1.807, 2.05) is 4.90 Å². The molecular formula is C21H22FN3O2. The molecule has 1 aromatic carbocycles. The summed E-state index contributed by atoms with van der Waals surface area (Å²) in [7, 11) is 0. The minimum atomic E-state index is -0.492. The Balaban J connectivity index is 1.65. The number of aromatic nitrogens is 1. The molecule has 27 heavy (non-hydrogen) atoms. The van der Waals surface area contributed by atoms with E-state index >= 15 is 0 Å². The van der Waals surface area contributed by atoms with Crippen LogP contribution in [0.1, 0.15) is 46.6 Å². The minimum absolute atomic E-state index is 0.0176. The summed E-state index contributed by atoms with van der Waals surface area (Å²) in [5.41, 5.74) is 2.31. The van der Waals surface area contributed by atoms with Gasteiger partial charge in [0.05, 0.1) is 35.5 Å². The summed E-state index contributed by atoms with van der Waals surface area (Å²) in [5.74, 6) is -0.736. The van der Waals surface area contributed by atoms with Gasteiger partial charge < -0.3 is 9.67 Å². The van der Waals surface area contributed by atoms with Gasteiger partial charge >= 0.3 is 0 Å². The second-order valence-electron chi connectivity index (χ2n) is 7.55. The molecular weight excluding hydrogens is 345 g/mol. The lowest BCUT2D eigenvalue weighted by molar-refractivity contribution is 0.0870. The first kappa shape index (κ1) is 17.9. The fraction of sp³-hybridized carbons (Fsp3) is 0.429. The number of fused-ring (bicyclic) bond motifs is 2. The molecule has 5 nitrogen and oxygen atoms in total. The molecule has 0 aliphatic carbocycles. The topological polar surface area (TPSA) is 69.3 Å². The van der Waals surface area contributed by atoms with Crippen LogP contribution < -0.4 is 0 Å². The maximum Gasteiger partial charge on any atom is 0.181 e. The van der Waals surface area contributed by atoms with Gasteiger partial charge in [0.15, 0.2) is 11.6 Å². The zero-order valence-electron chi connectivity index (χ0n) is 15.4. The molecule has 0 radical (unpaired) electrons. The molecule has 0 amide bonds. The van der Waals surface area contributed by atoms with Crippen LogP contribution in [0.4, 0.5) is 4.39 Å². The number of nitrogens with zero attached hydrogens (tertiary/aromatic N) is 3. The Morgan fingerprint density at radius 2 is 1.96 bits per heavy atom. The van der Waals surface area contributed by atoms with Crippen LogP contribution in [0.25, 0.3) is 5.69 Å². The number of benzene rings is 1. The Morgan fingerprint density at radius 3 is 2.52 bits per heavy atom. The molecule has 0 spiro atoms. The van der Waals surface area contributed by atoms with Crippen molar-refractivity contribution in [3.63, 3.8) is 0 Å². The van der Waals surface area contributed by atoms with Crippen LogP contribution in [0.3, 0.4) is 0 Å². The second kappa shape index (κ2) is 6.59. The molecule has 2 saturated heterocycles. The minimum Gasteiger partial charge on any atom is -0.391 e. The Morgan fingerprint density at radius 1 is 1.26 bits per heavy atom. The Labute approximate surface area is 157 Å². The summed E-state index contributed by atoms with van der Waals surface area (Å²) in [6, 6.07) is 9.16. The molecule has 1 aromatic heterocycles. The number of ketones is 1. The summed E-state index contributed by atoms with van der Waals surface area (Å²) in [4.78, 5) is 15.0. The van der Waals surface area contributed by atoms with Crippen molar-refractivity contribution in [3.8, 4) is 11.8 Å². The number of nitriles is 1. The fourth-order valence-electron chi connectivity index (χ4n) is 4.76. The number of aliphatic hydroxyl groups is 1. The molecule has 1 N–H and O–H groups in total. The van der Waals surface area contributed by atoms with Crippen molar-refractivity contribution in [2.75, 3.05) is 6.54 Å². The van der Waals surface area contributed by atoms with E-state index < -0.39 is 5.82 Å². The first-order chi connectivity index (χ1) is 12.9. The largest absolute Gasteiger partial charge is 0.391 e. The second-order valence-corrected chi connectivity index (χ2v) is 7.55. The predicted octanol–water partition coefficient (Wildman–Crippen LogP) is 2.89. The molecule has 4 rings (SSSR count). The summed E-state index contributed by atoms with van der Waals surface area (Å²) in [6.45, 7) is 3.54. The maximum absolute atomic E-state index is 15.0. The van der Waals surface area contributed by atoms with Gasteiger partial charge in [0.2, 0.25) is 0 Å². The number of carbonyl (C=O) groups is 1. The number of carbonyl (C=O) groups excluding carboxylic acids is 1. The highest BCUT2D eigenvalue weighted by molar-refractivity contribution is 5.99. The van der Waals surface area contributed by atoms with Crippen LogP contribution in [-0.2, 0) is 0 Å². The lowest BCUT2D eigenvalue weighted by atomic mass is 9.98. The number of Topliss-reactive ketones (excluding diaryl/α,β-unsaturated/α-hetero) is 1. The lowest BCUT2D eigenvalue weighted by Crippen LogP contribution is -2.36. The highest BCUT2D eigenvalue weighted by Gasteiger charge is 2.46. The molecule has 0 saturated carbocycles. The van der Waals surface area contributed by atoms with Crippen LogP contribution in [0.2, 0.25) is 0 Å². The monoisotopic (exact) mass is 367 g/mol. The quantitative estimate of drug-likeness (QED) is 0.844. The summed E-state index contributed by atoms with van der Waals surface area (Å²) in [5, 5.41) is 19.0. The molecule has 2 aliphatic rings. The summed E-state index contributed by atoms with van der Waals surface area (Å²) < 4.78 is 16.7. The Bertz CT molecular complexity index is 942. The van der Waals surface area contributed by atoms with E-state index in [0.29, 0.717) is 23.4 Å². The molecule has 2 aliphatic heterocycles. The van der Waals surface area contributed by atoms with Crippen LogP contribution in [0.15, 0.2) is 24.3 Å². The van der Waals surface area contributed by atoms with Crippen molar-refractivity contribution < 1.29 is 14.3 Å². The van der Waals surface area contributed by atoms with Gasteiger partial charge in [0, 0.05) is 23.5 Å². The van der Waals surface area contributed by atoms with Crippen LogP contribution in [0.5, 0.6) is 0 Å². The highest BCUT2D eigenvalue weighted by Crippen LogP contribution is 2.38. The maximum atomic E-state index is 15.0. The predicted molar refractivity (Wildman–Crippen MR) is 98.4 cm³/mol. The van der Waals surface area contributed by atoms with Gasteiger partial charge in [0.25, 0.3) is 0 Å². The van der Waals surface area contributed by atoms with E-state index in [0.717, 1.165) is 18.5 Å². The zero-order chi connectivity index (χ0) is 19.3. The molecule has 2 fully saturated rings. The first-order valence-corrected chi connectivity index (χ1v) is 9.27. The van der Waals surface area contributed by atoms with Crippen LogP contribution >= 0.6 is 0 Å². The van der Waals surface area contributed by atoms with Crippen molar-refractivity contribution in [1.82, 2.24) is 9.47 Å². The van der Waals surface area contributed by atoms with Crippen molar-refractivity contribution in [2.45, 2.75) is 51.3 Å².